The van der Waals surface area contributed by atoms with Gasteiger partial charge in [-0.05, 0) is 24.3 Å². The maximum atomic E-state index is 13.3. The number of hydrogen-bond acceptors (Lipinski definition) is 5. The summed E-state index contributed by atoms with van der Waals surface area (Å²) in [6.07, 6.45) is 2.88. The first-order chi connectivity index (χ1) is 9.66. The van der Waals surface area contributed by atoms with Gasteiger partial charge in [-0.25, -0.2) is 18.7 Å². The van der Waals surface area contributed by atoms with Crippen molar-refractivity contribution in [3.05, 3.63) is 48.4 Å². The Balaban J connectivity index is 2.18. The number of benzene rings is 1. The summed E-state index contributed by atoms with van der Waals surface area (Å²) < 4.78 is 31.2. The van der Waals surface area contributed by atoms with E-state index in [-0.39, 0.29) is 5.88 Å². The molecule has 7 heteroatoms. The average molecular weight is 274 g/mol. The second-order valence-electron chi connectivity index (χ2n) is 3.99. The van der Waals surface area contributed by atoms with E-state index in [1.54, 1.807) is 6.07 Å². The molecule has 0 saturated heterocycles. The highest BCUT2D eigenvalue weighted by atomic mass is 19.2. The van der Waals surface area contributed by atoms with E-state index in [0.29, 0.717) is 22.5 Å². The van der Waals surface area contributed by atoms with E-state index in [9.17, 15) is 8.78 Å². The molecule has 0 radical (unpaired) electrons. The van der Waals surface area contributed by atoms with E-state index in [2.05, 4.69) is 15.1 Å². The Kier molecular flexibility index (Phi) is 2.86. The lowest BCUT2D eigenvalue weighted by Crippen LogP contribution is -1.92. The number of halogens is 2. The molecule has 100 valence electrons. The molecule has 3 rings (SSSR count). The lowest BCUT2D eigenvalue weighted by atomic mass is 10.0. The fraction of sp³-hybridized carbons (Fsp3) is 0. The van der Waals surface area contributed by atoms with Crippen molar-refractivity contribution >= 4 is 5.88 Å². The highest BCUT2D eigenvalue weighted by Crippen LogP contribution is 2.35. The quantitative estimate of drug-likeness (QED) is 0.777. The van der Waals surface area contributed by atoms with Crippen LogP contribution in [0.25, 0.3) is 22.5 Å². The molecular weight excluding hydrogens is 266 g/mol. The van der Waals surface area contributed by atoms with E-state index >= 15 is 0 Å². The van der Waals surface area contributed by atoms with Crippen LogP contribution in [0.1, 0.15) is 0 Å². The highest BCUT2D eigenvalue weighted by Gasteiger charge is 2.19. The minimum Gasteiger partial charge on any atom is -0.367 e. The summed E-state index contributed by atoms with van der Waals surface area (Å²) >= 11 is 0. The summed E-state index contributed by atoms with van der Waals surface area (Å²) in [4.78, 5) is 7.85. The first-order valence-electron chi connectivity index (χ1n) is 5.64. The number of aromatic nitrogens is 3. The molecule has 0 amide bonds. The van der Waals surface area contributed by atoms with Gasteiger partial charge in [0.2, 0.25) is 5.88 Å². The molecule has 2 N–H and O–H groups in total. The van der Waals surface area contributed by atoms with Gasteiger partial charge in [0.15, 0.2) is 11.6 Å². The predicted octanol–water partition coefficient (Wildman–Crippen LogP) is 2.66. The highest BCUT2D eigenvalue weighted by molar-refractivity contribution is 5.84. The molecule has 0 atom stereocenters. The smallest absolute Gasteiger partial charge is 0.232 e. The van der Waals surface area contributed by atoms with Gasteiger partial charge in [-0.1, -0.05) is 5.16 Å². The van der Waals surface area contributed by atoms with E-state index in [0.717, 1.165) is 12.1 Å². The van der Waals surface area contributed by atoms with Crippen molar-refractivity contribution in [3.63, 3.8) is 0 Å². The van der Waals surface area contributed by atoms with E-state index in [1.165, 1.54) is 18.6 Å². The Morgan fingerprint density at radius 2 is 1.95 bits per heavy atom. The Labute approximate surface area is 112 Å². The minimum atomic E-state index is -0.974. The lowest BCUT2D eigenvalue weighted by molar-refractivity contribution is 0.439. The van der Waals surface area contributed by atoms with E-state index < -0.39 is 11.6 Å². The third-order valence-electron chi connectivity index (χ3n) is 2.75. The maximum Gasteiger partial charge on any atom is 0.232 e. The third kappa shape index (κ3) is 1.99. The third-order valence-corrected chi connectivity index (χ3v) is 2.75. The molecular formula is C13H8F2N4O. The topological polar surface area (TPSA) is 77.8 Å². The fourth-order valence-electron chi connectivity index (χ4n) is 1.83. The number of nitrogens with zero attached hydrogens (tertiary/aromatic N) is 3. The summed E-state index contributed by atoms with van der Waals surface area (Å²) in [5.74, 6) is -1.87. The van der Waals surface area contributed by atoms with Gasteiger partial charge in [0, 0.05) is 11.8 Å². The molecule has 0 spiro atoms. The van der Waals surface area contributed by atoms with E-state index in [4.69, 9.17) is 10.3 Å². The van der Waals surface area contributed by atoms with Crippen LogP contribution in [0.2, 0.25) is 0 Å². The van der Waals surface area contributed by atoms with Crippen molar-refractivity contribution in [2.75, 3.05) is 5.73 Å². The molecule has 2 heterocycles. The molecule has 0 aliphatic heterocycles. The molecule has 2 aromatic heterocycles. The molecule has 0 unspecified atom stereocenters. The molecule has 0 aliphatic carbocycles. The molecule has 0 fully saturated rings. The molecule has 1 aromatic carbocycles. The first-order valence-corrected chi connectivity index (χ1v) is 5.64. The van der Waals surface area contributed by atoms with Crippen LogP contribution < -0.4 is 5.73 Å². The zero-order chi connectivity index (χ0) is 14.1. The zero-order valence-electron chi connectivity index (χ0n) is 10.0. The number of anilines is 1. The van der Waals surface area contributed by atoms with Gasteiger partial charge in [-0.2, -0.15) is 0 Å². The Bertz CT molecular complexity index is 758. The SMILES string of the molecule is Nc1onc(-c2ccc(F)c(F)c2)c1-c1ccncn1. The van der Waals surface area contributed by atoms with Gasteiger partial charge in [0.1, 0.15) is 12.0 Å². The molecule has 0 saturated carbocycles. The zero-order valence-corrected chi connectivity index (χ0v) is 10.0. The summed E-state index contributed by atoms with van der Waals surface area (Å²) in [5.41, 5.74) is 7.26. The summed E-state index contributed by atoms with van der Waals surface area (Å²) in [5, 5.41) is 3.78. The number of nitrogens with two attached hydrogens (primary N) is 1. The second kappa shape index (κ2) is 4.69. The predicted molar refractivity (Wildman–Crippen MR) is 67.3 cm³/mol. The van der Waals surface area contributed by atoms with E-state index in [1.807, 2.05) is 0 Å². The summed E-state index contributed by atoms with van der Waals surface area (Å²) in [6.45, 7) is 0. The Morgan fingerprint density at radius 3 is 2.65 bits per heavy atom. The van der Waals surface area contributed by atoms with Crippen molar-refractivity contribution in [2.45, 2.75) is 0 Å². The van der Waals surface area contributed by atoms with Crippen molar-refractivity contribution in [1.29, 1.82) is 0 Å². The number of hydrogen-bond donors (Lipinski definition) is 1. The van der Waals surface area contributed by atoms with Gasteiger partial charge >= 0.3 is 0 Å². The molecule has 3 aromatic rings. The number of nitrogen functional groups attached to an aromatic ring is 1. The van der Waals surface area contributed by atoms with Gasteiger partial charge in [-0.3, -0.25) is 0 Å². The van der Waals surface area contributed by atoms with Gasteiger partial charge in [0.05, 0.1) is 11.3 Å². The fourth-order valence-corrected chi connectivity index (χ4v) is 1.83. The van der Waals surface area contributed by atoms with Crippen molar-refractivity contribution in [2.24, 2.45) is 0 Å². The monoisotopic (exact) mass is 274 g/mol. The maximum absolute atomic E-state index is 13.3. The Morgan fingerprint density at radius 1 is 1.10 bits per heavy atom. The standard InChI is InChI=1S/C13H8F2N4O/c14-8-2-1-7(5-9(8)15)12-11(13(16)20-19-12)10-3-4-17-6-18-10/h1-6H,16H2. The van der Waals surface area contributed by atoms with Crippen molar-refractivity contribution < 1.29 is 13.3 Å². The average Bonchev–Trinajstić information content (AvgIpc) is 2.85. The van der Waals surface area contributed by atoms with Crippen LogP contribution in [0.15, 0.2) is 41.3 Å². The van der Waals surface area contributed by atoms with Crippen LogP contribution in [-0.4, -0.2) is 15.1 Å². The van der Waals surface area contributed by atoms with Crippen LogP contribution in [0.5, 0.6) is 0 Å². The largest absolute Gasteiger partial charge is 0.367 e. The van der Waals surface area contributed by atoms with Crippen LogP contribution in [-0.2, 0) is 0 Å². The summed E-state index contributed by atoms with van der Waals surface area (Å²) in [6, 6.07) is 5.04. The lowest BCUT2D eigenvalue weighted by Gasteiger charge is -2.02. The summed E-state index contributed by atoms with van der Waals surface area (Å²) in [7, 11) is 0. The first kappa shape index (κ1) is 12.2. The molecule has 0 bridgehead atoms. The Hall–Kier alpha value is -2.83. The van der Waals surface area contributed by atoms with Crippen molar-refractivity contribution in [3.8, 4) is 22.5 Å². The second-order valence-corrected chi connectivity index (χ2v) is 3.99. The van der Waals surface area contributed by atoms with Crippen LogP contribution in [0.4, 0.5) is 14.7 Å². The van der Waals surface area contributed by atoms with Crippen LogP contribution in [0, 0.1) is 11.6 Å². The normalized spacial score (nSPS) is 10.7. The van der Waals surface area contributed by atoms with Gasteiger partial charge < -0.3 is 10.3 Å². The number of rotatable bonds is 2. The molecule has 20 heavy (non-hydrogen) atoms. The molecule has 5 nitrogen and oxygen atoms in total. The minimum absolute atomic E-state index is 0.0448. The van der Waals surface area contributed by atoms with Crippen molar-refractivity contribution in [1.82, 2.24) is 15.1 Å². The molecule has 0 aliphatic rings. The van der Waals surface area contributed by atoms with Gasteiger partial charge in [-0.15, -0.1) is 0 Å². The van der Waals surface area contributed by atoms with Crippen LogP contribution in [0.3, 0.4) is 0 Å². The van der Waals surface area contributed by atoms with Crippen LogP contribution >= 0.6 is 0 Å². The van der Waals surface area contributed by atoms with Gasteiger partial charge in [0.25, 0.3) is 0 Å².